The van der Waals surface area contributed by atoms with Crippen molar-refractivity contribution < 1.29 is 18.7 Å². The molecule has 0 aromatic heterocycles. The van der Waals surface area contributed by atoms with Crippen molar-refractivity contribution in [3.63, 3.8) is 0 Å². The van der Waals surface area contributed by atoms with Crippen LogP contribution in [0, 0.1) is 17.6 Å². The van der Waals surface area contributed by atoms with Crippen LogP contribution in [0.2, 0.25) is 0 Å². The largest absolute Gasteiger partial charge is 0.388 e. The molecule has 0 spiro atoms. The van der Waals surface area contributed by atoms with Gasteiger partial charge in [-0.3, -0.25) is 4.79 Å². The molecule has 2 atom stereocenters. The minimum Gasteiger partial charge on any atom is -0.388 e. The fraction of sp³-hybridized carbons (Fsp3) is 0.562. The van der Waals surface area contributed by atoms with Crippen LogP contribution in [0.1, 0.15) is 43.6 Å². The third-order valence-electron chi connectivity index (χ3n) is 4.61. The van der Waals surface area contributed by atoms with Crippen molar-refractivity contribution >= 4 is 5.91 Å². The van der Waals surface area contributed by atoms with E-state index in [0.29, 0.717) is 19.3 Å². The van der Waals surface area contributed by atoms with E-state index in [1.54, 1.807) is 0 Å². The minimum absolute atomic E-state index is 0.177. The molecule has 0 saturated heterocycles. The van der Waals surface area contributed by atoms with Crippen LogP contribution in [-0.2, 0) is 4.79 Å². The van der Waals surface area contributed by atoms with Gasteiger partial charge < -0.3 is 10.4 Å². The van der Waals surface area contributed by atoms with Gasteiger partial charge in [0.05, 0.1) is 5.60 Å². The molecule has 3 rings (SSSR count). The van der Waals surface area contributed by atoms with E-state index >= 15 is 0 Å². The predicted octanol–water partition coefficient (Wildman–Crippen LogP) is 2.49. The van der Waals surface area contributed by atoms with Gasteiger partial charge in [-0.1, -0.05) is 12.8 Å². The van der Waals surface area contributed by atoms with Gasteiger partial charge in [0.25, 0.3) is 0 Å². The number of hydrogen-bond donors (Lipinski definition) is 2. The second-order valence-corrected chi connectivity index (χ2v) is 6.26. The molecule has 1 aromatic rings. The molecule has 2 unspecified atom stereocenters. The number of amides is 1. The Morgan fingerprint density at radius 1 is 1.33 bits per heavy atom. The van der Waals surface area contributed by atoms with Gasteiger partial charge in [0.1, 0.15) is 11.6 Å². The molecule has 0 bridgehead atoms. The molecular formula is C16H19F2NO2. The quantitative estimate of drug-likeness (QED) is 0.896. The highest BCUT2D eigenvalue weighted by molar-refractivity contribution is 5.83. The Morgan fingerprint density at radius 2 is 2.05 bits per heavy atom. The molecule has 0 heterocycles. The van der Waals surface area contributed by atoms with Crippen LogP contribution in [0.5, 0.6) is 0 Å². The molecule has 0 aliphatic heterocycles. The van der Waals surface area contributed by atoms with Crippen molar-refractivity contribution in [2.24, 2.45) is 5.92 Å². The molecule has 0 radical (unpaired) electrons. The van der Waals surface area contributed by atoms with Crippen LogP contribution < -0.4 is 5.32 Å². The van der Waals surface area contributed by atoms with Gasteiger partial charge in [-0.2, -0.15) is 0 Å². The van der Waals surface area contributed by atoms with Crippen LogP contribution in [0.25, 0.3) is 0 Å². The van der Waals surface area contributed by atoms with Crippen molar-refractivity contribution in [2.45, 2.75) is 43.6 Å². The highest BCUT2D eigenvalue weighted by atomic mass is 19.1. The molecule has 3 nitrogen and oxygen atoms in total. The van der Waals surface area contributed by atoms with Crippen molar-refractivity contribution in [1.29, 1.82) is 0 Å². The molecule has 1 amide bonds. The SMILES string of the molecule is O=C(NCC1(O)CCCC1)C1CC1c1cc(F)ccc1F. The molecule has 1 aromatic carbocycles. The lowest BCUT2D eigenvalue weighted by Gasteiger charge is -2.22. The molecule has 2 aliphatic rings. The van der Waals surface area contributed by atoms with E-state index < -0.39 is 17.2 Å². The zero-order chi connectivity index (χ0) is 15.0. The van der Waals surface area contributed by atoms with Crippen molar-refractivity contribution in [3.05, 3.63) is 35.4 Å². The normalized spacial score (nSPS) is 26.6. The fourth-order valence-corrected chi connectivity index (χ4v) is 3.22. The Labute approximate surface area is 122 Å². The van der Waals surface area contributed by atoms with Gasteiger partial charge >= 0.3 is 0 Å². The van der Waals surface area contributed by atoms with Gasteiger partial charge in [-0.05, 0) is 48.9 Å². The first kappa shape index (κ1) is 14.4. The lowest BCUT2D eigenvalue weighted by atomic mass is 10.0. The summed E-state index contributed by atoms with van der Waals surface area (Å²) in [6, 6.07) is 3.34. The molecule has 21 heavy (non-hydrogen) atoms. The van der Waals surface area contributed by atoms with Crippen LogP contribution in [0.15, 0.2) is 18.2 Å². The summed E-state index contributed by atoms with van der Waals surface area (Å²) in [4.78, 5) is 12.0. The maximum absolute atomic E-state index is 13.7. The smallest absolute Gasteiger partial charge is 0.223 e. The molecule has 5 heteroatoms. The van der Waals surface area contributed by atoms with Gasteiger partial charge in [0, 0.05) is 12.5 Å². The number of carbonyl (C=O) groups is 1. The average molecular weight is 295 g/mol. The Morgan fingerprint density at radius 3 is 2.76 bits per heavy atom. The summed E-state index contributed by atoms with van der Waals surface area (Å²) >= 11 is 0. The Bertz CT molecular complexity index is 555. The first-order valence-corrected chi connectivity index (χ1v) is 7.44. The number of carbonyl (C=O) groups excluding carboxylic acids is 1. The first-order chi connectivity index (χ1) is 9.98. The summed E-state index contributed by atoms with van der Waals surface area (Å²) < 4.78 is 26.8. The summed E-state index contributed by atoms with van der Waals surface area (Å²) in [6.45, 7) is 0.251. The molecule has 114 valence electrons. The number of nitrogens with one attached hydrogen (secondary N) is 1. The van der Waals surface area contributed by atoms with Crippen molar-refractivity contribution in [2.75, 3.05) is 6.54 Å². The second-order valence-electron chi connectivity index (χ2n) is 6.26. The third kappa shape index (κ3) is 3.07. The summed E-state index contributed by atoms with van der Waals surface area (Å²) in [7, 11) is 0. The van der Waals surface area contributed by atoms with Gasteiger partial charge in [-0.25, -0.2) is 8.78 Å². The van der Waals surface area contributed by atoms with Crippen LogP contribution in [0.3, 0.4) is 0 Å². The van der Waals surface area contributed by atoms with Crippen LogP contribution in [0.4, 0.5) is 8.78 Å². The highest BCUT2D eigenvalue weighted by Crippen LogP contribution is 2.48. The fourth-order valence-electron chi connectivity index (χ4n) is 3.22. The predicted molar refractivity (Wildman–Crippen MR) is 73.6 cm³/mol. The summed E-state index contributed by atoms with van der Waals surface area (Å²) in [6.07, 6.45) is 3.91. The van der Waals surface area contributed by atoms with Crippen LogP contribution >= 0.6 is 0 Å². The van der Waals surface area contributed by atoms with E-state index in [9.17, 15) is 18.7 Å². The van der Waals surface area contributed by atoms with E-state index in [0.717, 1.165) is 31.0 Å². The molecule has 2 N–H and O–H groups in total. The lowest BCUT2D eigenvalue weighted by Crippen LogP contribution is -2.41. The number of aliphatic hydroxyl groups is 1. The highest BCUT2D eigenvalue weighted by Gasteiger charge is 2.46. The van der Waals surface area contributed by atoms with Gasteiger partial charge in [0.15, 0.2) is 0 Å². The Balaban J connectivity index is 1.57. The molecule has 2 aliphatic carbocycles. The van der Waals surface area contributed by atoms with Gasteiger partial charge in [0.2, 0.25) is 5.91 Å². The monoisotopic (exact) mass is 295 g/mol. The maximum atomic E-state index is 13.7. The number of benzene rings is 1. The van der Waals surface area contributed by atoms with E-state index in [1.165, 1.54) is 0 Å². The van der Waals surface area contributed by atoms with E-state index in [1.807, 2.05) is 0 Å². The second kappa shape index (κ2) is 5.37. The maximum Gasteiger partial charge on any atom is 0.223 e. The van der Waals surface area contributed by atoms with E-state index in [4.69, 9.17) is 0 Å². The number of halogens is 2. The van der Waals surface area contributed by atoms with E-state index in [2.05, 4.69) is 5.32 Å². The Kier molecular flexibility index (Phi) is 3.69. The zero-order valence-electron chi connectivity index (χ0n) is 11.7. The molecule has 2 fully saturated rings. The summed E-state index contributed by atoms with van der Waals surface area (Å²) in [5.41, 5.74) is -0.515. The average Bonchev–Trinajstić information content (AvgIpc) is 3.14. The number of rotatable bonds is 4. The lowest BCUT2D eigenvalue weighted by molar-refractivity contribution is -0.123. The molecule has 2 saturated carbocycles. The summed E-state index contributed by atoms with van der Waals surface area (Å²) in [5, 5.41) is 12.9. The topological polar surface area (TPSA) is 49.3 Å². The molecular weight excluding hydrogens is 276 g/mol. The van der Waals surface area contributed by atoms with Crippen LogP contribution in [-0.4, -0.2) is 23.2 Å². The first-order valence-electron chi connectivity index (χ1n) is 7.44. The van der Waals surface area contributed by atoms with Gasteiger partial charge in [-0.15, -0.1) is 0 Å². The van der Waals surface area contributed by atoms with Crippen molar-refractivity contribution in [3.8, 4) is 0 Å². The van der Waals surface area contributed by atoms with Crippen molar-refractivity contribution in [1.82, 2.24) is 5.32 Å². The summed E-state index contributed by atoms with van der Waals surface area (Å²) in [5.74, 6) is -1.70. The van der Waals surface area contributed by atoms with E-state index in [-0.39, 0.29) is 29.9 Å². The Hall–Kier alpha value is -1.49. The number of hydrogen-bond acceptors (Lipinski definition) is 2. The third-order valence-corrected chi connectivity index (χ3v) is 4.61. The minimum atomic E-state index is -0.788. The zero-order valence-corrected chi connectivity index (χ0v) is 11.7. The standard InChI is InChI=1S/C16H19F2NO2/c17-10-3-4-14(18)12(7-10)11-8-13(11)15(20)19-9-16(21)5-1-2-6-16/h3-4,7,11,13,21H,1-2,5-6,8-9H2,(H,19,20).